The lowest BCUT2D eigenvalue weighted by molar-refractivity contribution is 1.16. The molecule has 0 saturated carbocycles. The van der Waals surface area contributed by atoms with Gasteiger partial charge in [0.1, 0.15) is 5.82 Å². The zero-order valence-electron chi connectivity index (χ0n) is 6.60. The molecule has 0 aliphatic carbocycles. The van der Waals surface area contributed by atoms with Gasteiger partial charge in [0, 0.05) is 12.7 Å². The molecule has 54 valence electrons. The summed E-state index contributed by atoms with van der Waals surface area (Å²) in [6.45, 7) is 4.03. The zero-order valence-corrected chi connectivity index (χ0v) is 6.60. The predicted octanol–water partition coefficient (Wildman–Crippen LogP) is 1.74. The van der Waals surface area contributed by atoms with Gasteiger partial charge in [0.25, 0.3) is 0 Å². The fraction of sp³-hybridized carbons (Fsp3) is 0.375. The Bertz CT molecular complexity index is 231. The Morgan fingerprint density at radius 2 is 2.00 bits per heavy atom. The summed E-state index contributed by atoms with van der Waals surface area (Å²) in [5, 5.41) is 3.02. The number of nitrogens with zero attached hydrogens (tertiary/aromatic N) is 1. The van der Waals surface area contributed by atoms with Gasteiger partial charge in [0.15, 0.2) is 0 Å². The average Bonchev–Trinajstić information content (AvgIpc) is 1.94. The Morgan fingerprint density at radius 1 is 1.30 bits per heavy atom. The second-order valence-corrected chi connectivity index (χ2v) is 2.37. The third kappa shape index (κ3) is 1.26. The lowest BCUT2D eigenvalue weighted by Crippen LogP contribution is -1.95. The minimum absolute atomic E-state index is 0.972. The van der Waals surface area contributed by atoms with Gasteiger partial charge in [-0.3, -0.25) is 0 Å². The quantitative estimate of drug-likeness (QED) is 0.636. The van der Waals surface area contributed by atoms with Crippen LogP contribution < -0.4 is 5.32 Å². The summed E-state index contributed by atoms with van der Waals surface area (Å²) in [5.41, 5.74) is 2.24. The SMILES string of the molecule is CNc1nc(C)ccc1C. The zero-order chi connectivity index (χ0) is 7.56. The van der Waals surface area contributed by atoms with E-state index in [1.165, 1.54) is 5.56 Å². The molecule has 1 N–H and O–H groups in total. The third-order valence-electron chi connectivity index (χ3n) is 1.47. The number of pyridine rings is 1. The van der Waals surface area contributed by atoms with E-state index in [0.717, 1.165) is 11.5 Å². The summed E-state index contributed by atoms with van der Waals surface area (Å²) >= 11 is 0. The minimum atomic E-state index is 0.972. The van der Waals surface area contributed by atoms with Crippen molar-refractivity contribution in [2.75, 3.05) is 12.4 Å². The average molecular weight is 136 g/mol. The van der Waals surface area contributed by atoms with E-state index in [1.54, 1.807) is 0 Å². The molecule has 0 aliphatic rings. The number of aromatic nitrogens is 1. The Labute approximate surface area is 61.3 Å². The van der Waals surface area contributed by atoms with Crippen molar-refractivity contribution in [1.29, 1.82) is 0 Å². The molecule has 2 nitrogen and oxygen atoms in total. The largest absolute Gasteiger partial charge is 0.373 e. The Kier molecular flexibility index (Phi) is 1.90. The van der Waals surface area contributed by atoms with Crippen LogP contribution in [0.25, 0.3) is 0 Å². The maximum absolute atomic E-state index is 4.28. The molecular formula is C8H12N2. The van der Waals surface area contributed by atoms with Gasteiger partial charge < -0.3 is 5.32 Å². The van der Waals surface area contributed by atoms with E-state index in [1.807, 2.05) is 27.0 Å². The highest BCUT2D eigenvalue weighted by Gasteiger charge is 1.94. The standard InChI is InChI=1S/C8H12N2/c1-6-4-5-7(2)10-8(6)9-3/h4-5H,1-3H3,(H,9,10). The van der Waals surface area contributed by atoms with Gasteiger partial charge in [0.05, 0.1) is 0 Å². The molecule has 10 heavy (non-hydrogen) atoms. The smallest absolute Gasteiger partial charge is 0.128 e. The number of nitrogens with one attached hydrogen (secondary N) is 1. The van der Waals surface area contributed by atoms with Crippen LogP contribution in [0.1, 0.15) is 11.3 Å². The van der Waals surface area contributed by atoms with Gasteiger partial charge in [-0.05, 0) is 25.5 Å². The van der Waals surface area contributed by atoms with Crippen LogP contribution in [0.3, 0.4) is 0 Å². The van der Waals surface area contributed by atoms with Crippen LogP contribution in [0.15, 0.2) is 12.1 Å². The highest BCUT2D eigenvalue weighted by atomic mass is 15.0. The molecule has 0 fully saturated rings. The monoisotopic (exact) mass is 136 g/mol. The van der Waals surface area contributed by atoms with Gasteiger partial charge in [-0.15, -0.1) is 0 Å². The van der Waals surface area contributed by atoms with Crippen LogP contribution in [0, 0.1) is 13.8 Å². The summed E-state index contributed by atoms with van der Waals surface area (Å²) in [5.74, 6) is 0.972. The number of hydrogen-bond acceptors (Lipinski definition) is 2. The molecule has 0 aromatic carbocycles. The van der Waals surface area contributed by atoms with Gasteiger partial charge in [-0.1, -0.05) is 6.07 Å². The molecule has 0 spiro atoms. The van der Waals surface area contributed by atoms with Gasteiger partial charge >= 0.3 is 0 Å². The first kappa shape index (κ1) is 7.06. The molecule has 0 saturated heterocycles. The fourth-order valence-corrected chi connectivity index (χ4v) is 0.879. The molecule has 1 aromatic rings. The highest BCUT2D eigenvalue weighted by molar-refractivity contribution is 5.43. The first-order valence-corrected chi connectivity index (χ1v) is 3.36. The Balaban J connectivity index is 3.09. The summed E-state index contributed by atoms with van der Waals surface area (Å²) in [4.78, 5) is 4.28. The summed E-state index contributed by atoms with van der Waals surface area (Å²) in [6, 6.07) is 4.07. The second kappa shape index (κ2) is 2.69. The van der Waals surface area contributed by atoms with E-state index in [2.05, 4.69) is 16.4 Å². The van der Waals surface area contributed by atoms with Crippen LogP contribution in [0.4, 0.5) is 5.82 Å². The topological polar surface area (TPSA) is 24.9 Å². The molecule has 0 unspecified atom stereocenters. The van der Waals surface area contributed by atoms with Gasteiger partial charge in [-0.25, -0.2) is 4.98 Å². The number of aryl methyl sites for hydroxylation is 2. The van der Waals surface area contributed by atoms with E-state index in [-0.39, 0.29) is 0 Å². The molecule has 1 rings (SSSR count). The van der Waals surface area contributed by atoms with E-state index >= 15 is 0 Å². The van der Waals surface area contributed by atoms with Crippen LogP contribution in [-0.2, 0) is 0 Å². The third-order valence-corrected chi connectivity index (χ3v) is 1.47. The van der Waals surface area contributed by atoms with Crippen LogP contribution in [0.5, 0.6) is 0 Å². The molecule has 2 heteroatoms. The molecular weight excluding hydrogens is 124 g/mol. The second-order valence-electron chi connectivity index (χ2n) is 2.37. The number of rotatable bonds is 1. The minimum Gasteiger partial charge on any atom is -0.373 e. The number of anilines is 1. The van der Waals surface area contributed by atoms with E-state index in [4.69, 9.17) is 0 Å². The molecule has 0 radical (unpaired) electrons. The summed E-state index contributed by atoms with van der Waals surface area (Å²) in [6.07, 6.45) is 0. The lowest BCUT2D eigenvalue weighted by atomic mass is 10.2. The first-order valence-electron chi connectivity index (χ1n) is 3.36. The summed E-state index contributed by atoms with van der Waals surface area (Å²) < 4.78 is 0. The van der Waals surface area contributed by atoms with Crippen molar-refractivity contribution in [2.24, 2.45) is 0 Å². The molecule has 0 bridgehead atoms. The van der Waals surface area contributed by atoms with Crippen molar-refractivity contribution in [3.63, 3.8) is 0 Å². The van der Waals surface area contributed by atoms with Crippen LogP contribution in [-0.4, -0.2) is 12.0 Å². The Morgan fingerprint density at radius 3 is 2.50 bits per heavy atom. The van der Waals surface area contributed by atoms with E-state index in [9.17, 15) is 0 Å². The first-order chi connectivity index (χ1) is 4.74. The van der Waals surface area contributed by atoms with E-state index in [0.29, 0.717) is 0 Å². The maximum atomic E-state index is 4.28. The molecule has 0 atom stereocenters. The predicted molar refractivity (Wildman–Crippen MR) is 43.3 cm³/mol. The lowest BCUT2D eigenvalue weighted by Gasteiger charge is -2.03. The molecule has 0 amide bonds. The van der Waals surface area contributed by atoms with Gasteiger partial charge in [-0.2, -0.15) is 0 Å². The van der Waals surface area contributed by atoms with Crippen molar-refractivity contribution in [2.45, 2.75) is 13.8 Å². The highest BCUT2D eigenvalue weighted by Crippen LogP contribution is 2.09. The van der Waals surface area contributed by atoms with Crippen molar-refractivity contribution >= 4 is 5.82 Å². The Hall–Kier alpha value is -1.05. The summed E-state index contributed by atoms with van der Waals surface area (Å²) in [7, 11) is 1.88. The van der Waals surface area contributed by atoms with Crippen molar-refractivity contribution in [1.82, 2.24) is 4.98 Å². The normalized spacial score (nSPS) is 9.50. The van der Waals surface area contributed by atoms with E-state index < -0.39 is 0 Å². The fourth-order valence-electron chi connectivity index (χ4n) is 0.879. The van der Waals surface area contributed by atoms with Crippen LogP contribution >= 0.6 is 0 Å². The van der Waals surface area contributed by atoms with Gasteiger partial charge in [0.2, 0.25) is 0 Å². The maximum Gasteiger partial charge on any atom is 0.128 e. The van der Waals surface area contributed by atoms with Crippen molar-refractivity contribution < 1.29 is 0 Å². The van der Waals surface area contributed by atoms with Crippen molar-refractivity contribution in [3.8, 4) is 0 Å². The molecule has 1 aromatic heterocycles. The number of hydrogen-bond donors (Lipinski definition) is 1. The molecule has 1 heterocycles. The van der Waals surface area contributed by atoms with Crippen LogP contribution in [0.2, 0.25) is 0 Å². The van der Waals surface area contributed by atoms with Crippen molar-refractivity contribution in [3.05, 3.63) is 23.4 Å². The molecule has 0 aliphatic heterocycles.